The van der Waals surface area contributed by atoms with E-state index in [4.69, 9.17) is 9.84 Å². The molecule has 3 N–H and O–H groups in total. The summed E-state index contributed by atoms with van der Waals surface area (Å²) < 4.78 is 5.42. The molecule has 1 aliphatic rings. The molecule has 2 amide bonds. The molecule has 0 aromatic carbocycles. The minimum absolute atomic E-state index is 0.0264. The molecule has 0 saturated carbocycles. The molecule has 1 saturated heterocycles. The number of rotatable bonds is 4. The van der Waals surface area contributed by atoms with Crippen LogP contribution in [0.4, 0.5) is 4.79 Å². The van der Waals surface area contributed by atoms with Crippen molar-refractivity contribution in [3.63, 3.8) is 0 Å². The SMILES string of the molecule is CC1CN(C(=O)NCC(C)(O)CC(=O)O)C(C)CO1. The van der Waals surface area contributed by atoms with Crippen molar-refractivity contribution in [1.29, 1.82) is 0 Å². The van der Waals surface area contributed by atoms with Gasteiger partial charge >= 0.3 is 12.0 Å². The lowest BCUT2D eigenvalue weighted by atomic mass is 10.0. The molecule has 19 heavy (non-hydrogen) atoms. The van der Waals surface area contributed by atoms with Crippen LogP contribution in [0.3, 0.4) is 0 Å². The van der Waals surface area contributed by atoms with E-state index in [1.165, 1.54) is 6.92 Å². The van der Waals surface area contributed by atoms with E-state index in [0.717, 1.165) is 0 Å². The normalized spacial score (nSPS) is 26.6. The third-order valence-electron chi connectivity index (χ3n) is 3.02. The van der Waals surface area contributed by atoms with E-state index in [0.29, 0.717) is 13.2 Å². The highest BCUT2D eigenvalue weighted by molar-refractivity contribution is 5.75. The first-order chi connectivity index (χ1) is 8.71. The molecule has 3 unspecified atom stereocenters. The zero-order valence-corrected chi connectivity index (χ0v) is 11.5. The van der Waals surface area contributed by atoms with E-state index in [9.17, 15) is 14.7 Å². The molecule has 7 nitrogen and oxygen atoms in total. The molecular formula is C12H22N2O5. The number of nitrogens with zero attached hydrogens (tertiary/aromatic N) is 1. The Balaban J connectivity index is 2.48. The lowest BCUT2D eigenvalue weighted by molar-refractivity contribution is -0.141. The molecule has 1 fully saturated rings. The fraction of sp³-hybridized carbons (Fsp3) is 0.833. The molecule has 0 radical (unpaired) electrons. The Hall–Kier alpha value is -1.34. The topological polar surface area (TPSA) is 99.1 Å². The molecule has 0 bridgehead atoms. The van der Waals surface area contributed by atoms with E-state index in [1.54, 1.807) is 4.90 Å². The highest BCUT2D eigenvalue weighted by Crippen LogP contribution is 2.12. The smallest absolute Gasteiger partial charge is 0.317 e. The summed E-state index contributed by atoms with van der Waals surface area (Å²) in [5, 5.41) is 21.0. The second-order valence-electron chi connectivity index (χ2n) is 5.37. The van der Waals surface area contributed by atoms with Gasteiger partial charge in [-0.3, -0.25) is 4.79 Å². The van der Waals surface area contributed by atoms with Crippen LogP contribution in [0.5, 0.6) is 0 Å². The Morgan fingerprint density at radius 2 is 2.11 bits per heavy atom. The van der Waals surface area contributed by atoms with Crippen LogP contribution < -0.4 is 5.32 Å². The number of urea groups is 1. The largest absolute Gasteiger partial charge is 0.481 e. The third kappa shape index (κ3) is 5.04. The average Bonchev–Trinajstić information content (AvgIpc) is 2.27. The fourth-order valence-electron chi connectivity index (χ4n) is 1.94. The lowest BCUT2D eigenvalue weighted by Crippen LogP contribution is -2.55. The van der Waals surface area contributed by atoms with Crippen LogP contribution in [0, 0.1) is 0 Å². The predicted octanol–water partition coefficient (Wildman–Crippen LogP) is 0.0309. The van der Waals surface area contributed by atoms with E-state index in [2.05, 4.69) is 5.32 Å². The standard InChI is InChI=1S/C12H22N2O5/c1-8-6-19-9(2)5-14(8)11(17)13-7-12(3,18)4-10(15)16/h8-9,18H,4-7H2,1-3H3,(H,13,17)(H,15,16). The molecule has 0 aromatic rings. The number of morpholine rings is 1. The summed E-state index contributed by atoms with van der Waals surface area (Å²) in [5.74, 6) is -1.10. The van der Waals surface area contributed by atoms with Gasteiger partial charge in [0.25, 0.3) is 0 Å². The van der Waals surface area contributed by atoms with Gasteiger partial charge in [0.05, 0.1) is 30.8 Å². The first kappa shape index (κ1) is 15.7. The van der Waals surface area contributed by atoms with Crippen molar-refractivity contribution in [3.8, 4) is 0 Å². The number of aliphatic hydroxyl groups is 1. The zero-order valence-electron chi connectivity index (χ0n) is 11.5. The summed E-state index contributed by atoms with van der Waals surface area (Å²) in [6.07, 6.45) is -0.441. The minimum atomic E-state index is -1.46. The minimum Gasteiger partial charge on any atom is -0.481 e. The number of carboxylic acids is 1. The number of carbonyl (C=O) groups is 2. The lowest BCUT2D eigenvalue weighted by Gasteiger charge is -2.37. The van der Waals surface area contributed by atoms with Crippen LogP contribution in [-0.4, -0.2) is 64.6 Å². The van der Waals surface area contributed by atoms with Gasteiger partial charge in [-0.2, -0.15) is 0 Å². The van der Waals surface area contributed by atoms with Crippen LogP contribution in [0.1, 0.15) is 27.2 Å². The first-order valence-corrected chi connectivity index (χ1v) is 6.31. The van der Waals surface area contributed by atoms with Gasteiger partial charge in [0, 0.05) is 13.1 Å². The molecule has 7 heteroatoms. The van der Waals surface area contributed by atoms with Crippen molar-refractivity contribution in [3.05, 3.63) is 0 Å². The van der Waals surface area contributed by atoms with E-state index in [-0.39, 0.29) is 24.7 Å². The Morgan fingerprint density at radius 3 is 2.68 bits per heavy atom. The number of carbonyl (C=O) groups excluding carboxylic acids is 1. The molecular weight excluding hydrogens is 252 g/mol. The van der Waals surface area contributed by atoms with Crippen LogP contribution in [0.25, 0.3) is 0 Å². The Kier molecular flexibility index (Phi) is 5.13. The maximum Gasteiger partial charge on any atom is 0.317 e. The van der Waals surface area contributed by atoms with Crippen LogP contribution in [-0.2, 0) is 9.53 Å². The number of ether oxygens (including phenoxy) is 1. The molecule has 0 spiro atoms. The Morgan fingerprint density at radius 1 is 1.47 bits per heavy atom. The van der Waals surface area contributed by atoms with Crippen LogP contribution in [0.15, 0.2) is 0 Å². The summed E-state index contributed by atoms with van der Waals surface area (Å²) in [7, 11) is 0. The Bertz CT molecular complexity index is 345. The van der Waals surface area contributed by atoms with Crippen molar-refractivity contribution in [2.45, 2.75) is 44.9 Å². The molecule has 1 heterocycles. The van der Waals surface area contributed by atoms with Gasteiger partial charge in [-0.25, -0.2) is 4.79 Å². The van der Waals surface area contributed by atoms with Gasteiger partial charge in [0.15, 0.2) is 0 Å². The van der Waals surface area contributed by atoms with Crippen molar-refractivity contribution in [2.24, 2.45) is 0 Å². The Labute approximate surface area is 112 Å². The van der Waals surface area contributed by atoms with Crippen molar-refractivity contribution < 1.29 is 24.5 Å². The first-order valence-electron chi connectivity index (χ1n) is 6.31. The summed E-state index contributed by atoms with van der Waals surface area (Å²) in [4.78, 5) is 24.2. The van der Waals surface area contributed by atoms with Gasteiger partial charge in [-0.1, -0.05) is 0 Å². The molecule has 0 aromatic heterocycles. The van der Waals surface area contributed by atoms with Gasteiger partial charge in [-0.05, 0) is 20.8 Å². The van der Waals surface area contributed by atoms with Crippen LogP contribution in [0.2, 0.25) is 0 Å². The number of carboxylic acid groups (broad SMARTS) is 1. The van der Waals surface area contributed by atoms with E-state index in [1.807, 2.05) is 13.8 Å². The molecule has 110 valence electrons. The van der Waals surface area contributed by atoms with Crippen LogP contribution >= 0.6 is 0 Å². The van der Waals surface area contributed by atoms with E-state index >= 15 is 0 Å². The van der Waals surface area contributed by atoms with Crippen molar-refractivity contribution >= 4 is 12.0 Å². The maximum atomic E-state index is 12.0. The fourth-order valence-corrected chi connectivity index (χ4v) is 1.94. The zero-order chi connectivity index (χ0) is 14.6. The molecule has 3 atom stereocenters. The van der Waals surface area contributed by atoms with Crippen molar-refractivity contribution in [1.82, 2.24) is 10.2 Å². The molecule has 1 rings (SSSR count). The molecule has 1 aliphatic heterocycles. The second-order valence-corrected chi connectivity index (χ2v) is 5.37. The van der Waals surface area contributed by atoms with Gasteiger partial charge in [0.1, 0.15) is 0 Å². The number of nitrogens with one attached hydrogen (secondary N) is 1. The van der Waals surface area contributed by atoms with Gasteiger partial charge in [-0.15, -0.1) is 0 Å². The molecule has 0 aliphatic carbocycles. The van der Waals surface area contributed by atoms with Gasteiger partial charge < -0.3 is 25.2 Å². The van der Waals surface area contributed by atoms with E-state index < -0.39 is 18.0 Å². The van der Waals surface area contributed by atoms with Gasteiger partial charge in [0.2, 0.25) is 0 Å². The monoisotopic (exact) mass is 274 g/mol. The predicted molar refractivity (Wildman–Crippen MR) is 67.9 cm³/mol. The quantitative estimate of drug-likeness (QED) is 0.672. The summed E-state index contributed by atoms with van der Waals surface area (Å²) in [5.41, 5.74) is -1.46. The summed E-state index contributed by atoms with van der Waals surface area (Å²) in [6, 6.07) is -0.353. The number of hydrogen-bond donors (Lipinski definition) is 3. The highest BCUT2D eigenvalue weighted by atomic mass is 16.5. The average molecular weight is 274 g/mol. The summed E-state index contributed by atoms with van der Waals surface area (Å²) in [6.45, 7) is 5.99. The maximum absolute atomic E-state index is 12.0. The highest BCUT2D eigenvalue weighted by Gasteiger charge is 2.30. The number of amides is 2. The number of hydrogen-bond acceptors (Lipinski definition) is 4. The third-order valence-corrected chi connectivity index (χ3v) is 3.02. The second kappa shape index (κ2) is 6.21. The number of aliphatic carboxylic acids is 1. The summed E-state index contributed by atoms with van der Waals surface area (Å²) >= 11 is 0. The van der Waals surface area contributed by atoms with Crippen molar-refractivity contribution in [2.75, 3.05) is 19.7 Å².